The first kappa shape index (κ1) is 29.5. The zero-order valence-corrected chi connectivity index (χ0v) is 27.4. The minimum absolute atomic E-state index is 0.885. The lowest BCUT2D eigenvalue weighted by Gasteiger charge is -2.29. The zero-order chi connectivity index (χ0) is 33.3. The number of fused-ring (bicyclic) bond motifs is 2. The first-order chi connectivity index (χ1) is 24.8. The zero-order valence-electron chi connectivity index (χ0n) is 27.4. The molecule has 0 saturated heterocycles. The van der Waals surface area contributed by atoms with Crippen molar-refractivity contribution in [3.63, 3.8) is 0 Å². The Balaban J connectivity index is 1.16. The average Bonchev–Trinajstić information content (AvgIpc) is 3.59. The molecule has 2 nitrogen and oxygen atoms in total. The van der Waals surface area contributed by atoms with Crippen molar-refractivity contribution in [1.82, 2.24) is 0 Å². The number of rotatable bonds is 7. The van der Waals surface area contributed by atoms with Gasteiger partial charge in [0.1, 0.15) is 11.3 Å². The maximum atomic E-state index is 6.56. The Kier molecular flexibility index (Phi) is 7.53. The lowest BCUT2D eigenvalue weighted by Crippen LogP contribution is -2.11. The number of para-hydroxylation sites is 2. The van der Waals surface area contributed by atoms with Crippen LogP contribution in [0.4, 0.5) is 17.1 Å². The van der Waals surface area contributed by atoms with Crippen molar-refractivity contribution in [3.8, 4) is 44.7 Å². The van der Waals surface area contributed by atoms with Gasteiger partial charge in [0.05, 0.1) is 11.4 Å². The van der Waals surface area contributed by atoms with Gasteiger partial charge in [-0.2, -0.15) is 0 Å². The van der Waals surface area contributed by atoms with Crippen LogP contribution in [0.1, 0.15) is 0 Å². The monoisotopic (exact) mass is 639 g/mol. The molecule has 0 bridgehead atoms. The second-order valence-corrected chi connectivity index (χ2v) is 12.5. The number of hydrogen-bond donors (Lipinski definition) is 0. The second-order valence-electron chi connectivity index (χ2n) is 12.5. The van der Waals surface area contributed by atoms with Crippen molar-refractivity contribution in [3.05, 3.63) is 200 Å². The standard InChI is InChI=1S/C48H33NO/c1-3-15-35(16-4-1)41-24-9-11-26-44(41)49(45-27-14-20-36-17-7-8-23-42(36)45)40-31-29-34(30-32-40)38-21-13-22-39(33-38)48-47(37-18-5-2-6-19-37)43-25-10-12-28-46(43)50-48/h1-33H. The summed E-state index contributed by atoms with van der Waals surface area (Å²) in [4.78, 5) is 2.39. The summed E-state index contributed by atoms with van der Waals surface area (Å²) >= 11 is 0. The fourth-order valence-corrected chi connectivity index (χ4v) is 7.12. The van der Waals surface area contributed by atoms with Gasteiger partial charge < -0.3 is 9.32 Å². The second kappa shape index (κ2) is 12.8. The molecule has 50 heavy (non-hydrogen) atoms. The third-order valence-corrected chi connectivity index (χ3v) is 9.48. The Morgan fingerprint density at radius 1 is 0.360 bits per heavy atom. The SMILES string of the molecule is c1ccc(-c2ccccc2N(c2ccc(-c3cccc(-c4oc5ccccc5c4-c4ccccc4)c3)cc2)c2cccc3ccccc23)cc1. The van der Waals surface area contributed by atoms with Crippen LogP contribution in [0.3, 0.4) is 0 Å². The molecule has 0 aliphatic heterocycles. The molecule has 9 aromatic rings. The molecule has 0 spiro atoms. The van der Waals surface area contributed by atoms with E-state index in [1.165, 1.54) is 21.9 Å². The van der Waals surface area contributed by atoms with Gasteiger partial charge >= 0.3 is 0 Å². The quantitative estimate of drug-likeness (QED) is 0.173. The predicted molar refractivity (Wildman–Crippen MR) is 210 cm³/mol. The minimum Gasteiger partial charge on any atom is -0.455 e. The van der Waals surface area contributed by atoms with Gasteiger partial charge in [0.15, 0.2) is 0 Å². The summed E-state index contributed by atoms with van der Waals surface area (Å²) in [5.41, 5.74) is 12.2. The molecule has 9 rings (SSSR count). The normalized spacial score (nSPS) is 11.2. The van der Waals surface area contributed by atoms with Crippen LogP contribution in [-0.2, 0) is 0 Å². The summed E-state index contributed by atoms with van der Waals surface area (Å²) < 4.78 is 6.56. The van der Waals surface area contributed by atoms with Crippen molar-refractivity contribution < 1.29 is 4.42 Å². The molecule has 0 aliphatic carbocycles. The molecule has 236 valence electrons. The molecule has 0 aliphatic rings. The van der Waals surface area contributed by atoms with Gasteiger partial charge in [-0.25, -0.2) is 0 Å². The Morgan fingerprint density at radius 2 is 0.940 bits per heavy atom. The molecule has 0 saturated carbocycles. The fourth-order valence-electron chi connectivity index (χ4n) is 7.12. The van der Waals surface area contributed by atoms with Gasteiger partial charge in [0, 0.05) is 33.2 Å². The first-order valence-corrected chi connectivity index (χ1v) is 17.0. The number of furan rings is 1. The molecule has 1 heterocycles. The highest BCUT2D eigenvalue weighted by molar-refractivity contribution is 6.03. The predicted octanol–water partition coefficient (Wildman–Crippen LogP) is 13.7. The highest BCUT2D eigenvalue weighted by Gasteiger charge is 2.20. The summed E-state index contributed by atoms with van der Waals surface area (Å²) in [6.45, 7) is 0. The number of anilines is 3. The smallest absolute Gasteiger partial charge is 0.143 e. The Bertz CT molecular complexity index is 2580. The minimum atomic E-state index is 0.885. The molecule has 2 heteroatoms. The van der Waals surface area contributed by atoms with Gasteiger partial charge in [-0.15, -0.1) is 0 Å². The van der Waals surface area contributed by atoms with Crippen LogP contribution in [0, 0.1) is 0 Å². The summed E-state index contributed by atoms with van der Waals surface area (Å²) in [7, 11) is 0. The lowest BCUT2D eigenvalue weighted by molar-refractivity contribution is 0.632. The van der Waals surface area contributed by atoms with Crippen LogP contribution in [0.15, 0.2) is 205 Å². The average molecular weight is 640 g/mol. The van der Waals surface area contributed by atoms with E-state index >= 15 is 0 Å². The van der Waals surface area contributed by atoms with E-state index in [-0.39, 0.29) is 0 Å². The molecule has 0 amide bonds. The van der Waals surface area contributed by atoms with E-state index in [9.17, 15) is 0 Å². The van der Waals surface area contributed by atoms with Gasteiger partial charge in [-0.3, -0.25) is 0 Å². The molecule has 8 aromatic carbocycles. The van der Waals surface area contributed by atoms with E-state index in [1.54, 1.807) is 0 Å². The molecular weight excluding hydrogens is 607 g/mol. The number of benzene rings is 8. The van der Waals surface area contributed by atoms with Gasteiger partial charge in [0.25, 0.3) is 0 Å². The number of hydrogen-bond acceptors (Lipinski definition) is 2. The lowest BCUT2D eigenvalue weighted by atomic mass is 9.96. The Hall–Kier alpha value is -6.64. The van der Waals surface area contributed by atoms with Crippen LogP contribution >= 0.6 is 0 Å². The Labute approximate surface area is 292 Å². The van der Waals surface area contributed by atoms with Crippen molar-refractivity contribution in [2.45, 2.75) is 0 Å². The molecule has 0 atom stereocenters. The maximum Gasteiger partial charge on any atom is 0.143 e. The van der Waals surface area contributed by atoms with Crippen molar-refractivity contribution in [2.75, 3.05) is 4.90 Å². The van der Waals surface area contributed by atoms with Gasteiger partial charge in [-0.1, -0.05) is 164 Å². The Morgan fingerprint density at radius 3 is 1.76 bits per heavy atom. The van der Waals surface area contributed by atoms with Crippen LogP contribution in [0.2, 0.25) is 0 Å². The molecule has 0 fully saturated rings. The van der Waals surface area contributed by atoms with Crippen molar-refractivity contribution >= 4 is 38.8 Å². The summed E-state index contributed by atoms with van der Waals surface area (Å²) in [5.74, 6) is 0.885. The van der Waals surface area contributed by atoms with Crippen LogP contribution in [0.25, 0.3) is 66.4 Å². The van der Waals surface area contributed by atoms with E-state index in [1.807, 2.05) is 12.1 Å². The maximum absolute atomic E-state index is 6.56. The van der Waals surface area contributed by atoms with E-state index in [2.05, 4.69) is 193 Å². The summed E-state index contributed by atoms with van der Waals surface area (Å²) in [5, 5.41) is 3.53. The van der Waals surface area contributed by atoms with E-state index in [0.717, 1.165) is 61.6 Å². The highest BCUT2D eigenvalue weighted by Crippen LogP contribution is 2.45. The topological polar surface area (TPSA) is 16.4 Å². The molecule has 1 aromatic heterocycles. The largest absolute Gasteiger partial charge is 0.455 e. The molecule has 0 radical (unpaired) electrons. The molecule has 0 N–H and O–H groups in total. The van der Waals surface area contributed by atoms with Gasteiger partial charge in [0.2, 0.25) is 0 Å². The number of nitrogens with zero attached hydrogens (tertiary/aromatic N) is 1. The summed E-state index contributed by atoms with van der Waals surface area (Å²) in [6.07, 6.45) is 0. The van der Waals surface area contributed by atoms with Gasteiger partial charge in [-0.05, 0) is 64.0 Å². The van der Waals surface area contributed by atoms with Crippen LogP contribution < -0.4 is 4.90 Å². The summed E-state index contributed by atoms with van der Waals surface area (Å²) in [6, 6.07) is 70.9. The van der Waals surface area contributed by atoms with Crippen molar-refractivity contribution in [1.29, 1.82) is 0 Å². The van der Waals surface area contributed by atoms with E-state index < -0.39 is 0 Å². The van der Waals surface area contributed by atoms with E-state index in [4.69, 9.17) is 4.42 Å². The third kappa shape index (κ3) is 5.34. The van der Waals surface area contributed by atoms with E-state index in [0.29, 0.717) is 0 Å². The molecule has 0 unspecified atom stereocenters. The first-order valence-electron chi connectivity index (χ1n) is 17.0. The molecular formula is C48H33NO. The third-order valence-electron chi connectivity index (χ3n) is 9.48. The highest BCUT2D eigenvalue weighted by atomic mass is 16.3. The van der Waals surface area contributed by atoms with Crippen LogP contribution in [-0.4, -0.2) is 0 Å². The van der Waals surface area contributed by atoms with Crippen molar-refractivity contribution in [2.24, 2.45) is 0 Å². The fraction of sp³-hybridized carbons (Fsp3) is 0. The van der Waals surface area contributed by atoms with Crippen LogP contribution in [0.5, 0.6) is 0 Å².